The molecule has 2 saturated heterocycles. The van der Waals surface area contributed by atoms with Crippen LogP contribution in [0.3, 0.4) is 0 Å². The summed E-state index contributed by atoms with van der Waals surface area (Å²) in [4.78, 5) is 0. The zero-order valence-electron chi connectivity index (χ0n) is 12.9. The van der Waals surface area contributed by atoms with Gasteiger partial charge in [0.05, 0.1) is 18.8 Å². The molecule has 0 aliphatic carbocycles. The molecule has 2 aliphatic rings. The Balaban J connectivity index is 2.11. The summed E-state index contributed by atoms with van der Waals surface area (Å²) in [5.74, 6) is 0.000760. The third kappa shape index (κ3) is 3.44. The summed E-state index contributed by atoms with van der Waals surface area (Å²) in [6.45, 7) is 5.30. The van der Waals surface area contributed by atoms with Gasteiger partial charge < -0.3 is 39.7 Å². The highest BCUT2D eigenvalue weighted by atomic mass is 16.7. The van der Waals surface area contributed by atoms with Crippen molar-refractivity contribution < 1.29 is 39.7 Å². The minimum absolute atomic E-state index is 0.000760. The Bertz CT molecular complexity index is 365. The van der Waals surface area contributed by atoms with Crippen molar-refractivity contribution in [2.75, 3.05) is 6.61 Å². The van der Waals surface area contributed by atoms with Gasteiger partial charge in [0.15, 0.2) is 6.29 Å². The van der Waals surface area contributed by atoms with Crippen molar-refractivity contribution >= 4 is 0 Å². The summed E-state index contributed by atoms with van der Waals surface area (Å²) >= 11 is 0. The van der Waals surface area contributed by atoms with Gasteiger partial charge in [0.25, 0.3) is 0 Å². The second kappa shape index (κ2) is 7.06. The third-order valence-electron chi connectivity index (χ3n) is 4.27. The van der Waals surface area contributed by atoms with Gasteiger partial charge in [-0.25, -0.2) is 0 Å². The van der Waals surface area contributed by atoms with Gasteiger partial charge in [-0.3, -0.25) is 0 Å². The van der Waals surface area contributed by atoms with Gasteiger partial charge >= 0.3 is 0 Å². The lowest BCUT2D eigenvalue weighted by Crippen LogP contribution is -2.62. The highest BCUT2D eigenvalue weighted by Gasteiger charge is 2.47. The molecule has 2 fully saturated rings. The zero-order valence-corrected chi connectivity index (χ0v) is 12.9. The van der Waals surface area contributed by atoms with Crippen molar-refractivity contribution in [3.8, 4) is 0 Å². The maximum Gasteiger partial charge on any atom is 0.187 e. The minimum atomic E-state index is -1.47. The quantitative estimate of drug-likeness (QED) is 0.403. The van der Waals surface area contributed by atoms with Crippen molar-refractivity contribution in [2.45, 2.75) is 75.9 Å². The van der Waals surface area contributed by atoms with E-state index in [0.717, 1.165) is 0 Å². The first kappa shape index (κ1) is 18.0. The van der Waals surface area contributed by atoms with Gasteiger partial charge in [-0.05, 0) is 12.8 Å². The molecule has 130 valence electrons. The van der Waals surface area contributed by atoms with E-state index in [-0.39, 0.29) is 12.5 Å². The van der Waals surface area contributed by atoms with Crippen LogP contribution in [0.25, 0.3) is 0 Å². The molecule has 2 heterocycles. The molecule has 22 heavy (non-hydrogen) atoms. The van der Waals surface area contributed by atoms with Crippen molar-refractivity contribution in [3.05, 3.63) is 0 Å². The molecule has 0 aromatic rings. The number of rotatable bonds is 3. The summed E-state index contributed by atoms with van der Waals surface area (Å²) < 4.78 is 16.5. The van der Waals surface area contributed by atoms with Crippen LogP contribution in [0.4, 0.5) is 0 Å². The monoisotopic (exact) mass is 322 g/mol. The highest BCUT2D eigenvalue weighted by Crippen LogP contribution is 2.29. The van der Waals surface area contributed by atoms with E-state index >= 15 is 0 Å². The van der Waals surface area contributed by atoms with Gasteiger partial charge in [0.2, 0.25) is 0 Å². The molecular formula is C14H26O8. The summed E-state index contributed by atoms with van der Waals surface area (Å²) in [7, 11) is 0. The predicted octanol–water partition coefficient (Wildman–Crippen LogP) is -2.02. The van der Waals surface area contributed by atoms with E-state index in [1.54, 1.807) is 6.92 Å². The first-order valence-corrected chi connectivity index (χ1v) is 7.57. The normalized spacial score (nSPS) is 50.3. The van der Waals surface area contributed by atoms with Crippen LogP contribution in [0.5, 0.6) is 0 Å². The van der Waals surface area contributed by atoms with Crippen LogP contribution < -0.4 is 0 Å². The summed E-state index contributed by atoms with van der Waals surface area (Å²) in [6, 6.07) is 0. The Hall–Kier alpha value is -0.320. The topological polar surface area (TPSA) is 129 Å². The molecule has 5 N–H and O–H groups in total. The molecule has 2 aliphatic heterocycles. The number of aliphatic hydroxyl groups is 5. The van der Waals surface area contributed by atoms with Crippen LogP contribution in [0.1, 0.15) is 20.8 Å². The number of hydrogen-bond acceptors (Lipinski definition) is 8. The first-order chi connectivity index (χ1) is 10.2. The van der Waals surface area contributed by atoms with E-state index in [2.05, 4.69) is 0 Å². The highest BCUT2D eigenvalue weighted by molar-refractivity contribution is 4.92. The molecule has 9 atom stereocenters. The van der Waals surface area contributed by atoms with E-state index in [1.165, 1.54) is 0 Å². The van der Waals surface area contributed by atoms with Crippen molar-refractivity contribution in [1.82, 2.24) is 0 Å². The summed E-state index contributed by atoms with van der Waals surface area (Å²) in [5.41, 5.74) is 0. The maximum atomic E-state index is 10.2. The molecular weight excluding hydrogens is 296 g/mol. The van der Waals surface area contributed by atoms with Crippen LogP contribution in [-0.2, 0) is 14.2 Å². The fourth-order valence-corrected chi connectivity index (χ4v) is 2.83. The smallest absolute Gasteiger partial charge is 0.187 e. The average Bonchev–Trinajstić information content (AvgIpc) is 2.46. The lowest BCUT2D eigenvalue weighted by molar-refractivity contribution is -0.332. The Kier molecular flexibility index (Phi) is 5.79. The van der Waals surface area contributed by atoms with Crippen LogP contribution >= 0.6 is 0 Å². The lowest BCUT2D eigenvalue weighted by atomic mass is 9.92. The third-order valence-corrected chi connectivity index (χ3v) is 4.27. The number of ether oxygens (including phenoxy) is 3. The molecule has 0 radical (unpaired) electrons. The van der Waals surface area contributed by atoms with Crippen LogP contribution in [0.15, 0.2) is 0 Å². The Labute approximate surface area is 129 Å². The Morgan fingerprint density at radius 3 is 2.18 bits per heavy atom. The van der Waals surface area contributed by atoms with Crippen molar-refractivity contribution in [2.24, 2.45) is 5.92 Å². The van der Waals surface area contributed by atoms with Gasteiger partial charge in [0.1, 0.15) is 36.6 Å². The molecule has 2 rings (SSSR count). The fourth-order valence-electron chi connectivity index (χ4n) is 2.83. The van der Waals surface area contributed by atoms with Gasteiger partial charge in [0, 0.05) is 0 Å². The Morgan fingerprint density at radius 2 is 1.59 bits per heavy atom. The van der Waals surface area contributed by atoms with E-state index < -0.39 is 55.1 Å². The van der Waals surface area contributed by atoms with Crippen molar-refractivity contribution in [1.29, 1.82) is 0 Å². The maximum absolute atomic E-state index is 10.2. The molecule has 0 aromatic carbocycles. The summed E-state index contributed by atoms with van der Waals surface area (Å²) in [5, 5.41) is 49.4. The number of aliphatic hydroxyl groups excluding tert-OH is 5. The first-order valence-electron chi connectivity index (χ1n) is 7.57. The molecule has 0 saturated carbocycles. The minimum Gasteiger partial charge on any atom is -0.388 e. The standard InChI is InChI=1S/C14H26O8/c1-5(2)12-13(9(17)7(15)4-20-12)22-14-11(19)10(18)8(16)6(3)21-14/h5-19H,4H2,1-3H3/t6?,7-,8-,9?,10?,11?,12-,13?,14-/m0/s1. The molecule has 5 unspecified atom stereocenters. The molecule has 0 amide bonds. The average molecular weight is 322 g/mol. The second-order valence-corrected chi connectivity index (χ2v) is 6.38. The molecule has 8 heteroatoms. The van der Waals surface area contributed by atoms with E-state index in [1.807, 2.05) is 13.8 Å². The van der Waals surface area contributed by atoms with Gasteiger partial charge in [-0.15, -0.1) is 0 Å². The molecule has 0 bridgehead atoms. The molecule has 0 spiro atoms. The molecule has 0 aromatic heterocycles. The van der Waals surface area contributed by atoms with Gasteiger partial charge in [-0.1, -0.05) is 13.8 Å². The zero-order chi connectivity index (χ0) is 16.6. The van der Waals surface area contributed by atoms with E-state index in [9.17, 15) is 25.5 Å². The van der Waals surface area contributed by atoms with Crippen LogP contribution in [-0.4, -0.2) is 87.3 Å². The van der Waals surface area contributed by atoms with Crippen LogP contribution in [0.2, 0.25) is 0 Å². The van der Waals surface area contributed by atoms with Gasteiger partial charge in [-0.2, -0.15) is 0 Å². The lowest BCUT2D eigenvalue weighted by Gasteiger charge is -2.45. The second-order valence-electron chi connectivity index (χ2n) is 6.38. The Morgan fingerprint density at radius 1 is 0.955 bits per heavy atom. The number of hydrogen-bond donors (Lipinski definition) is 5. The molecule has 8 nitrogen and oxygen atoms in total. The van der Waals surface area contributed by atoms with E-state index in [0.29, 0.717) is 0 Å². The fraction of sp³-hybridized carbons (Fsp3) is 1.00. The summed E-state index contributed by atoms with van der Waals surface area (Å²) in [6.07, 6.45) is -9.80. The predicted molar refractivity (Wildman–Crippen MR) is 73.8 cm³/mol. The SMILES string of the molecule is CC1O[C@@H](OC2C(O)[C@@H](O)CO[C@H]2C(C)C)C(O)C(O)[C@H]1O. The van der Waals surface area contributed by atoms with E-state index in [4.69, 9.17) is 14.2 Å². The van der Waals surface area contributed by atoms with Crippen molar-refractivity contribution in [3.63, 3.8) is 0 Å². The largest absolute Gasteiger partial charge is 0.388 e. The van der Waals surface area contributed by atoms with Crippen LogP contribution in [0, 0.1) is 5.92 Å².